The molecule has 0 aromatic heterocycles. The van der Waals surface area contributed by atoms with E-state index in [1.165, 1.54) is 11.1 Å². The quantitative estimate of drug-likeness (QED) is 0.854. The van der Waals surface area contributed by atoms with Crippen LogP contribution in [0, 0.1) is 6.92 Å². The molecule has 0 saturated carbocycles. The Morgan fingerprint density at radius 2 is 2.11 bits per heavy atom. The van der Waals surface area contributed by atoms with Crippen LogP contribution in [-0.4, -0.2) is 48.5 Å². The predicted molar refractivity (Wildman–Crippen MR) is 76.0 cm³/mol. The number of benzene rings is 1. The van der Waals surface area contributed by atoms with E-state index < -0.39 is 0 Å². The van der Waals surface area contributed by atoms with Gasteiger partial charge in [-0.3, -0.25) is 4.90 Å². The number of aryl methyl sites for hydroxylation is 1. The average molecular weight is 264 g/mol. The van der Waals surface area contributed by atoms with Gasteiger partial charge < -0.3 is 15.6 Å². The van der Waals surface area contributed by atoms with Crippen molar-refractivity contribution in [1.82, 2.24) is 4.90 Å². The fourth-order valence-electron chi connectivity index (χ4n) is 2.75. The normalized spacial score (nSPS) is 24.1. The first-order valence-electron chi connectivity index (χ1n) is 6.90. The molecule has 0 aliphatic carbocycles. The SMILES string of the molecule is Cc1ccc(C(C(C)N)N2CCOCC2CO)cc1. The Bertz CT molecular complexity index is 392. The first-order valence-corrected chi connectivity index (χ1v) is 6.90. The van der Waals surface area contributed by atoms with Crippen LogP contribution in [0.4, 0.5) is 0 Å². The topological polar surface area (TPSA) is 58.7 Å². The van der Waals surface area contributed by atoms with E-state index in [9.17, 15) is 5.11 Å². The molecule has 1 aromatic rings. The molecule has 1 saturated heterocycles. The van der Waals surface area contributed by atoms with E-state index >= 15 is 0 Å². The summed E-state index contributed by atoms with van der Waals surface area (Å²) in [6, 6.07) is 8.65. The van der Waals surface area contributed by atoms with Gasteiger partial charge in [0.15, 0.2) is 0 Å². The van der Waals surface area contributed by atoms with E-state index in [2.05, 4.69) is 36.1 Å². The molecule has 2 rings (SSSR count). The van der Waals surface area contributed by atoms with Gasteiger partial charge in [-0.15, -0.1) is 0 Å². The Morgan fingerprint density at radius 1 is 1.42 bits per heavy atom. The molecule has 0 spiro atoms. The standard InChI is InChI=1S/C15H24N2O2/c1-11-3-5-13(6-4-11)15(12(2)16)17-7-8-19-10-14(17)9-18/h3-6,12,14-15,18H,7-10,16H2,1-2H3. The van der Waals surface area contributed by atoms with Crippen molar-refractivity contribution in [2.75, 3.05) is 26.4 Å². The van der Waals surface area contributed by atoms with Gasteiger partial charge in [-0.05, 0) is 19.4 Å². The fourth-order valence-corrected chi connectivity index (χ4v) is 2.75. The van der Waals surface area contributed by atoms with Crippen LogP contribution in [0.2, 0.25) is 0 Å². The molecule has 0 amide bonds. The van der Waals surface area contributed by atoms with Crippen LogP contribution in [0.3, 0.4) is 0 Å². The molecule has 4 heteroatoms. The minimum Gasteiger partial charge on any atom is -0.395 e. The summed E-state index contributed by atoms with van der Waals surface area (Å²) in [6.45, 7) is 6.29. The van der Waals surface area contributed by atoms with Crippen LogP contribution < -0.4 is 5.73 Å². The minimum absolute atomic E-state index is 0.00913. The molecule has 3 unspecified atom stereocenters. The molecule has 0 radical (unpaired) electrons. The van der Waals surface area contributed by atoms with Gasteiger partial charge in [-0.1, -0.05) is 29.8 Å². The number of nitrogens with zero attached hydrogens (tertiary/aromatic N) is 1. The maximum atomic E-state index is 9.52. The Balaban J connectivity index is 2.25. The number of hydrogen-bond acceptors (Lipinski definition) is 4. The summed E-state index contributed by atoms with van der Waals surface area (Å²) in [4.78, 5) is 2.28. The summed E-state index contributed by atoms with van der Waals surface area (Å²) in [5.74, 6) is 0. The zero-order valence-electron chi connectivity index (χ0n) is 11.7. The van der Waals surface area contributed by atoms with Gasteiger partial charge in [0.1, 0.15) is 0 Å². The molecule has 0 bridgehead atoms. The highest BCUT2D eigenvalue weighted by Crippen LogP contribution is 2.27. The van der Waals surface area contributed by atoms with Crippen molar-refractivity contribution in [3.05, 3.63) is 35.4 Å². The molecule has 19 heavy (non-hydrogen) atoms. The van der Waals surface area contributed by atoms with E-state index in [1.54, 1.807) is 0 Å². The molecule has 1 aliphatic rings. The van der Waals surface area contributed by atoms with E-state index in [0.29, 0.717) is 13.2 Å². The Kier molecular flexibility index (Phi) is 4.93. The van der Waals surface area contributed by atoms with Crippen LogP contribution in [0.1, 0.15) is 24.1 Å². The zero-order valence-corrected chi connectivity index (χ0v) is 11.7. The van der Waals surface area contributed by atoms with Crippen molar-refractivity contribution >= 4 is 0 Å². The fraction of sp³-hybridized carbons (Fsp3) is 0.600. The lowest BCUT2D eigenvalue weighted by Crippen LogP contribution is -2.52. The molecule has 1 fully saturated rings. The second-order valence-electron chi connectivity index (χ2n) is 5.36. The van der Waals surface area contributed by atoms with Crippen molar-refractivity contribution in [3.63, 3.8) is 0 Å². The van der Waals surface area contributed by atoms with Gasteiger partial charge in [0, 0.05) is 12.6 Å². The first-order chi connectivity index (χ1) is 9.13. The van der Waals surface area contributed by atoms with Crippen molar-refractivity contribution in [2.24, 2.45) is 5.73 Å². The number of hydrogen-bond donors (Lipinski definition) is 2. The smallest absolute Gasteiger partial charge is 0.0645 e. The van der Waals surface area contributed by atoms with Gasteiger partial charge in [-0.2, -0.15) is 0 Å². The summed E-state index contributed by atoms with van der Waals surface area (Å²) < 4.78 is 5.45. The van der Waals surface area contributed by atoms with Crippen LogP contribution in [0.15, 0.2) is 24.3 Å². The maximum absolute atomic E-state index is 9.52. The summed E-state index contributed by atoms with van der Waals surface area (Å²) >= 11 is 0. The Hall–Kier alpha value is -0.940. The third kappa shape index (κ3) is 3.34. The number of aliphatic hydroxyl groups excluding tert-OH is 1. The first kappa shape index (κ1) is 14.5. The molecule has 4 nitrogen and oxygen atoms in total. The summed E-state index contributed by atoms with van der Waals surface area (Å²) in [6.07, 6.45) is 0. The average Bonchev–Trinajstić information content (AvgIpc) is 2.41. The van der Waals surface area contributed by atoms with E-state index in [4.69, 9.17) is 10.5 Å². The van der Waals surface area contributed by atoms with Gasteiger partial charge in [0.2, 0.25) is 0 Å². The summed E-state index contributed by atoms with van der Waals surface area (Å²) in [5.41, 5.74) is 8.64. The van der Waals surface area contributed by atoms with Crippen molar-refractivity contribution in [1.29, 1.82) is 0 Å². The van der Waals surface area contributed by atoms with Crippen LogP contribution in [0.5, 0.6) is 0 Å². The lowest BCUT2D eigenvalue weighted by atomic mass is 9.96. The van der Waals surface area contributed by atoms with Crippen molar-refractivity contribution in [3.8, 4) is 0 Å². The maximum Gasteiger partial charge on any atom is 0.0645 e. The highest BCUT2D eigenvalue weighted by molar-refractivity contribution is 5.25. The molecule has 3 N–H and O–H groups in total. The van der Waals surface area contributed by atoms with Gasteiger partial charge in [-0.25, -0.2) is 0 Å². The number of rotatable bonds is 4. The number of aliphatic hydroxyl groups is 1. The molecular formula is C15H24N2O2. The number of nitrogens with two attached hydrogens (primary N) is 1. The van der Waals surface area contributed by atoms with Crippen LogP contribution >= 0.6 is 0 Å². The Labute approximate surface area is 115 Å². The van der Waals surface area contributed by atoms with Crippen LogP contribution in [0.25, 0.3) is 0 Å². The largest absolute Gasteiger partial charge is 0.395 e. The monoisotopic (exact) mass is 264 g/mol. The summed E-state index contributed by atoms with van der Waals surface area (Å²) in [5, 5.41) is 9.52. The lowest BCUT2D eigenvalue weighted by Gasteiger charge is -2.42. The number of ether oxygens (including phenoxy) is 1. The highest BCUT2D eigenvalue weighted by atomic mass is 16.5. The minimum atomic E-state index is 0.00913. The third-order valence-electron chi connectivity index (χ3n) is 3.76. The molecule has 106 valence electrons. The van der Waals surface area contributed by atoms with E-state index in [1.807, 2.05) is 6.92 Å². The van der Waals surface area contributed by atoms with Gasteiger partial charge in [0.25, 0.3) is 0 Å². The Morgan fingerprint density at radius 3 is 2.68 bits per heavy atom. The second-order valence-corrected chi connectivity index (χ2v) is 5.36. The molecule has 3 atom stereocenters. The molecular weight excluding hydrogens is 240 g/mol. The zero-order chi connectivity index (χ0) is 13.8. The highest BCUT2D eigenvalue weighted by Gasteiger charge is 2.31. The molecule has 1 aromatic carbocycles. The molecule has 1 aliphatic heterocycles. The third-order valence-corrected chi connectivity index (χ3v) is 3.76. The molecule has 1 heterocycles. The van der Waals surface area contributed by atoms with Crippen molar-refractivity contribution < 1.29 is 9.84 Å². The van der Waals surface area contributed by atoms with Crippen molar-refractivity contribution in [2.45, 2.75) is 32.0 Å². The van der Waals surface area contributed by atoms with E-state index in [0.717, 1.165) is 6.54 Å². The predicted octanol–water partition coefficient (Wildman–Crippen LogP) is 1.08. The summed E-state index contributed by atoms with van der Waals surface area (Å²) in [7, 11) is 0. The van der Waals surface area contributed by atoms with E-state index in [-0.39, 0.29) is 24.7 Å². The van der Waals surface area contributed by atoms with Gasteiger partial charge in [0.05, 0.1) is 31.9 Å². The second kappa shape index (κ2) is 6.48. The van der Waals surface area contributed by atoms with Crippen LogP contribution in [-0.2, 0) is 4.74 Å². The van der Waals surface area contributed by atoms with Gasteiger partial charge >= 0.3 is 0 Å². The lowest BCUT2D eigenvalue weighted by molar-refractivity contribution is -0.0515. The number of morpholine rings is 1.